The van der Waals surface area contributed by atoms with Crippen LogP contribution in [0.2, 0.25) is 0 Å². The molecule has 11 heteroatoms. The molecule has 0 unspecified atom stereocenters. The Bertz CT molecular complexity index is 1610. The predicted molar refractivity (Wildman–Crippen MR) is 131 cm³/mol. The Kier molecular flexibility index (Phi) is 7.23. The van der Waals surface area contributed by atoms with Crippen LogP contribution < -0.4 is 17.0 Å². The van der Waals surface area contributed by atoms with Crippen molar-refractivity contribution in [1.82, 2.24) is 9.13 Å². The van der Waals surface area contributed by atoms with Crippen LogP contribution in [0.3, 0.4) is 0 Å². The molecule has 0 bridgehead atoms. The second-order valence-corrected chi connectivity index (χ2v) is 8.66. The highest BCUT2D eigenvalue weighted by atomic mass is 19.4. The van der Waals surface area contributed by atoms with Gasteiger partial charge >= 0.3 is 11.9 Å². The quantitative estimate of drug-likeness (QED) is 0.352. The van der Waals surface area contributed by atoms with Gasteiger partial charge in [-0.3, -0.25) is 13.9 Å². The van der Waals surface area contributed by atoms with Gasteiger partial charge < -0.3 is 10.8 Å². The summed E-state index contributed by atoms with van der Waals surface area (Å²) in [5.41, 5.74) is 1.65. The van der Waals surface area contributed by atoms with Crippen molar-refractivity contribution >= 4 is 0 Å². The van der Waals surface area contributed by atoms with E-state index in [2.05, 4.69) is 0 Å². The zero-order valence-electron chi connectivity index (χ0n) is 20.0. The maximum Gasteiger partial charge on any atom is 0.416 e. The van der Waals surface area contributed by atoms with Gasteiger partial charge in [-0.2, -0.15) is 13.2 Å². The van der Waals surface area contributed by atoms with E-state index in [1.165, 1.54) is 19.1 Å². The van der Waals surface area contributed by atoms with Crippen LogP contribution in [0.15, 0.2) is 76.3 Å². The van der Waals surface area contributed by atoms with Crippen LogP contribution in [0.4, 0.5) is 22.0 Å². The lowest BCUT2D eigenvalue weighted by molar-refractivity contribution is -0.138. The third-order valence-corrected chi connectivity index (χ3v) is 6.28. The minimum Gasteiger partial charge on any atom is -0.505 e. The molecule has 6 nitrogen and oxygen atoms in total. The van der Waals surface area contributed by atoms with Crippen molar-refractivity contribution in [2.75, 3.05) is 0 Å². The maximum atomic E-state index is 14.9. The number of halogens is 5. The van der Waals surface area contributed by atoms with Crippen molar-refractivity contribution in [3.05, 3.63) is 122 Å². The zero-order chi connectivity index (χ0) is 27.8. The number of phenols is 1. The van der Waals surface area contributed by atoms with Gasteiger partial charge in [0.05, 0.1) is 24.2 Å². The van der Waals surface area contributed by atoms with Gasteiger partial charge in [0.2, 0.25) is 0 Å². The largest absolute Gasteiger partial charge is 0.505 e. The van der Waals surface area contributed by atoms with Crippen LogP contribution in [0.25, 0.3) is 11.1 Å². The summed E-state index contributed by atoms with van der Waals surface area (Å²) in [5, 5.41) is 9.88. The van der Waals surface area contributed by atoms with Crippen LogP contribution in [-0.2, 0) is 19.3 Å². The Morgan fingerprint density at radius 1 is 0.921 bits per heavy atom. The van der Waals surface area contributed by atoms with Gasteiger partial charge in [-0.15, -0.1) is 0 Å². The Hall–Kier alpha value is -4.25. The second-order valence-electron chi connectivity index (χ2n) is 8.66. The van der Waals surface area contributed by atoms with E-state index < -0.39 is 65.1 Å². The molecule has 38 heavy (non-hydrogen) atoms. The fraction of sp³-hybridized carbons (Fsp3) is 0.185. The molecule has 0 spiro atoms. The summed E-state index contributed by atoms with van der Waals surface area (Å²) in [4.78, 5) is 27.0. The summed E-state index contributed by atoms with van der Waals surface area (Å²) in [6.07, 6.45) is -4.93. The van der Waals surface area contributed by atoms with Gasteiger partial charge in [0.25, 0.3) is 5.56 Å². The van der Waals surface area contributed by atoms with Crippen LogP contribution in [0.1, 0.15) is 28.4 Å². The van der Waals surface area contributed by atoms with E-state index in [0.717, 1.165) is 22.8 Å². The lowest BCUT2D eigenvalue weighted by Crippen LogP contribution is -2.44. The van der Waals surface area contributed by atoms with E-state index in [1.807, 2.05) is 0 Å². The first-order chi connectivity index (χ1) is 17.9. The van der Waals surface area contributed by atoms with E-state index in [4.69, 9.17) is 5.73 Å². The molecule has 3 N–H and O–H groups in total. The number of aromatic hydroxyl groups is 1. The van der Waals surface area contributed by atoms with Gasteiger partial charge in [0, 0.05) is 22.9 Å². The Morgan fingerprint density at radius 2 is 1.58 bits per heavy atom. The molecule has 198 valence electrons. The molecule has 1 atom stereocenters. The van der Waals surface area contributed by atoms with Gasteiger partial charge in [-0.1, -0.05) is 48.5 Å². The first-order valence-corrected chi connectivity index (χ1v) is 11.4. The molecule has 0 fully saturated rings. The summed E-state index contributed by atoms with van der Waals surface area (Å²) in [6, 6.07) is 13.4. The number of aromatic nitrogens is 2. The average molecular weight is 531 g/mol. The van der Waals surface area contributed by atoms with E-state index in [-0.39, 0.29) is 16.8 Å². The first kappa shape index (κ1) is 26.8. The fourth-order valence-electron chi connectivity index (χ4n) is 4.32. The molecule has 4 aromatic rings. The van der Waals surface area contributed by atoms with Crippen molar-refractivity contribution < 1.29 is 27.1 Å². The molecule has 1 aromatic heterocycles. The molecule has 4 rings (SSSR count). The van der Waals surface area contributed by atoms with E-state index in [9.17, 15) is 36.6 Å². The minimum absolute atomic E-state index is 0.217. The standard InChI is InChI=1S/C27H22F5N3O3/c1-15-23(17-9-5-12-22(36)24(17)29)25(37)35(14-21(33)16-7-3-2-4-8-16)26(38)34(15)13-18-19(27(30,31)32)10-6-11-20(18)28/h2-12,21,36H,13-14,33H2,1H3/t21-/m0/s1. The molecule has 0 aliphatic heterocycles. The fourth-order valence-corrected chi connectivity index (χ4v) is 4.32. The van der Waals surface area contributed by atoms with Crippen LogP contribution in [-0.4, -0.2) is 14.2 Å². The number of alkyl halides is 3. The van der Waals surface area contributed by atoms with Crippen molar-refractivity contribution in [3.63, 3.8) is 0 Å². The predicted octanol–water partition coefficient (Wildman–Crippen LogP) is 4.74. The van der Waals surface area contributed by atoms with Gasteiger partial charge in [-0.25, -0.2) is 13.6 Å². The van der Waals surface area contributed by atoms with E-state index in [1.54, 1.807) is 30.3 Å². The summed E-state index contributed by atoms with van der Waals surface area (Å²) < 4.78 is 72.1. The monoisotopic (exact) mass is 531 g/mol. The molecular formula is C27H22F5N3O3. The van der Waals surface area contributed by atoms with Crippen LogP contribution in [0.5, 0.6) is 5.75 Å². The van der Waals surface area contributed by atoms with Crippen molar-refractivity contribution in [2.24, 2.45) is 5.73 Å². The highest BCUT2D eigenvalue weighted by Gasteiger charge is 2.35. The van der Waals surface area contributed by atoms with Crippen LogP contribution in [0, 0.1) is 18.6 Å². The minimum atomic E-state index is -4.93. The Balaban J connectivity index is 1.99. The molecule has 0 saturated carbocycles. The Labute approximate surface area is 213 Å². The SMILES string of the molecule is Cc1c(-c2cccc(O)c2F)c(=O)n(C[C@H](N)c2ccccc2)c(=O)n1Cc1c(F)cccc1C(F)(F)F. The van der Waals surface area contributed by atoms with Crippen LogP contribution >= 0.6 is 0 Å². The number of hydrogen-bond acceptors (Lipinski definition) is 4. The molecule has 3 aromatic carbocycles. The highest BCUT2D eigenvalue weighted by Crippen LogP contribution is 2.34. The Morgan fingerprint density at radius 3 is 2.24 bits per heavy atom. The summed E-state index contributed by atoms with van der Waals surface area (Å²) >= 11 is 0. The smallest absolute Gasteiger partial charge is 0.416 e. The van der Waals surface area contributed by atoms with Crippen molar-refractivity contribution in [1.29, 1.82) is 0 Å². The zero-order valence-corrected chi connectivity index (χ0v) is 20.0. The van der Waals surface area contributed by atoms with Gasteiger partial charge in [0.1, 0.15) is 5.82 Å². The molecule has 0 amide bonds. The normalized spacial score (nSPS) is 12.5. The average Bonchev–Trinajstić information content (AvgIpc) is 2.87. The van der Waals surface area contributed by atoms with Crippen molar-refractivity contribution in [2.45, 2.75) is 32.2 Å². The van der Waals surface area contributed by atoms with E-state index in [0.29, 0.717) is 16.2 Å². The lowest BCUT2D eigenvalue weighted by Gasteiger charge is -2.21. The summed E-state index contributed by atoms with van der Waals surface area (Å²) in [7, 11) is 0. The van der Waals surface area contributed by atoms with E-state index >= 15 is 0 Å². The number of phenolic OH excluding ortho intramolecular Hbond substituents is 1. The molecule has 0 radical (unpaired) electrons. The third-order valence-electron chi connectivity index (χ3n) is 6.28. The topological polar surface area (TPSA) is 90.2 Å². The summed E-state index contributed by atoms with van der Waals surface area (Å²) in [5.74, 6) is -3.16. The lowest BCUT2D eigenvalue weighted by atomic mass is 10.0. The first-order valence-electron chi connectivity index (χ1n) is 11.4. The molecule has 0 aliphatic rings. The number of rotatable bonds is 6. The van der Waals surface area contributed by atoms with Gasteiger partial charge in [0.15, 0.2) is 11.6 Å². The number of hydrogen-bond donors (Lipinski definition) is 2. The summed E-state index contributed by atoms with van der Waals surface area (Å²) in [6.45, 7) is -0.0730. The molecular weight excluding hydrogens is 509 g/mol. The third kappa shape index (κ3) is 4.97. The number of nitrogens with two attached hydrogens (primary N) is 1. The second kappa shape index (κ2) is 10.3. The number of nitrogens with zero attached hydrogens (tertiary/aromatic N) is 2. The molecule has 0 saturated heterocycles. The van der Waals surface area contributed by atoms with Gasteiger partial charge in [-0.05, 0) is 30.7 Å². The molecule has 0 aliphatic carbocycles. The maximum absolute atomic E-state index is 14.9. The highest BCUT2D eigenvalue weighted by molar-refractivity contribution is 5.67. The number of benzene rings is 3. The van der Waals surface area contributed by atoms with Crippen molar-refractivity contribution in [3.8, 4) is 16.9 Å². The molecule has 1 heterocycles.